The maximum absolute atomic E-state index is 13.0. The van der Waals surface area contributed by atoms with E-state index in [9.17, 15) is 9.59 Å². The summed E-state index contributed by atoms with van der Waals surface area (Å²) in [5.74, 6) is -1.13. The molecule has 0 saturated carbocycles. The minimum absolute atomic E-state index is 0.367. The second kappa shape index (κ2) is 11.8. The molecule has 0 N–H and O–H groups in total. The van der Waals surface area contributed by atoms with Gasteiger partial charge in [-0.05, 0) is 29.8 Å². The van der Waals surface area contributed by atoms with Gasteiger partial charge >= 0.3 is 11.9 Å². The van der Waals surface area contributed by atoms with Crippen molar-refractivity contribution in [3.8, 4) is 0 Å². The van der Waals surface area contributed by atoms with Crippen molar-refractivity contribution in [1.82, 2.24) is 0 Å². The predicted octanol–water partition coefficient (Wildman–Crippen LogP) is 4.07. The molecule has 0 bridgehead atoms. The molecule has 35 heavy (non-hydrogen) atoms. The van der Waals surface area contributed by atoms with Crippen LogP contribution in [-0.4, -0.2) is 56.9 Å². The zero-order chi connectivity index (χ0) is 24.6. The Labute approximate surface area is 204 Å². The summed E-state index contributed by atoms with van der Waals surface area (Å²) < 4.78 is 29.1. The monoisotopic (exact) mass is 476 g/mol. The standard InChI is InChI=1S/C28H28O7/c1-31-22(18-19-12-6-3-7-13-19)23-24(33-26(29)20-14-8-4-9-15-20)25(28(32-2)35-23)34-27(30)21-16-10-5-11-17-21/h3-17,22-25,28H,18H2,1-2H3/t22?,23-,24-,25-,28+/m1/s1. The molecule has 182 valence electrons. The number of ether oxygens (including phenoxy) is 5. The van der Waals surface area contributed by atoms with E-state index in [0.29, 0.717) is 17.5 Å². The predicted molar refractivity (Wildman–Crippen MR) is 128 cm³/mol. The highest BCUT2D eigenvalue weighted by Gasteiger charge is 2.53. The van der Waals surface area contributed by atoms with E-state index in [0.717, 1.165) is 5.56 Å². The Morgan fingerprint density at radius 1 is 0.743 bits per heavy atom. The molecule has 3 aromatic rings. The topological polar surface area (TPSA) is 80.3 Å². The second-order valence-electron chi connectivity index (χ2n) is 8.14. The maximum atomic E-state index is 13.0. The summed E-state index contributed by atoms with van der Waals surface area (Å²) in [5.41, 5.74) is 1.76. The molecule has 5 atom stereocenters. The summed E-state index contributed by atoms with van der Waals surface area (Å²) in [4.78, 5) is 25.9. The number of hydrogen-bond acceptors (Lipinski definition) is 7. The molecule has 3 aromatic carbocycles. The molecule has 1 aliphatic rings. The Bertz CT molecular complexity index is 1090. The van der Waals surface area contributed by atoms with Gasteiger partial charge in [0.05, 0.1) is 17.2 Å². The maximum Gasteiger partial charge on any atom is 0.338 e. The number of benzene rings is 3. The SMILES string of the molecule is COC(Cc1ccccc1)[C@H]1O[C@H](OC)[C@H](OC(=O)c2ccccc2)[C@@H]1OC(=O)c1ccccc1. The molecule has 7 nitrogen and oxygen atoms in total. The molecule has 1 fully saturated rings. The van der Waals surface area contributed by atoms with E-state index < -0.39 is 42.6 Å². The average molecular weight is 477 g/mol. The first kappa shape index (κ1) is 24.6. The molecule has 0 radical (unpaired) electrons. The van der Waals surface area contributed by atoms with Crippen molar-refractivity contribution in [2.24, 2.45) is 0 Å². The molecule has 0 aromatic heterocycles. The molecular weight excluding hydrogens is 448 g/mol. The summed E-state index contributed by atoms with van der Waals surface area (Å²) in [7, 11) is 3.02. The van der Waals surface area contributed by atoms with E-state index in [1.54, 1.807) is 61.7 Å². The molecule has 4 rings (SSSR count). The van der Waals surface area contributed by atoms with Crippen LogP contribution < -0.4 is 0 Å². The highest BCUT2D eigenvalue weighted by atomic mass is 16.7. The normalized spacial score (nSPS) is 22.3. The van der Waals surface area contributed by atoms with Crippen LogP contribution in [-0.2, 0) is 30.1 Å². The smallest absolute Gasteiger partial charge is 0.338 e. The fourth-order valence-electron chi connectivity index (χ4n) is 4.11. The Morgan fingerprint density at radius 3 is 1.71 bits per heavy atom. The Kier molecular flexibility index (Phi) is 8.26. The van der Waals surface area contributed by atoms with Gasteiger partial charge in [-0.1, -0.05) is 66.7 Å². The Hall–Kier alpha value is -3.52. The molecule has 1 unspecified atom stereocenters. The zero-order valence-corrected chi connectivity index (χ0v) is 19.6. The van der Waals surface area contributed by atoms with Crippen LogP contribution in [0, 0.1) is 0 Å². The van der Waals surface area contributed by atoms with Crippen molar-refractivity contribution < 1.29 is 33.3 Å². The van der Waals surface area contributed by atoms with Crippen LogP contribution in [0.3, 0.4) is 0 Å². The molecule has 0 amide bonds. The van der Waals surface area contributed by atoms with Gasteiger partial charge in [0.25, 0.3) is 0 Å². The molecule has 0 aliphatic carbocycles. The number of esters is 2. The van der Waals surface area contributed by atoms with Crippen molar-refractivity contribution in [1.29, 1.82) is 0 Å². The molecule has 1 saturated heterocycles. The van der Waals surface area contributed by atoms with Gasteiger partial charge in [0.15, 0.2) is 18.5 Å². The van der Waals surface area contributed by atoms with Crippen molar-refractivity contribution in [3.05, 3.63) is 108 Å². The number of carbonyl (C=O) groups excluding carboxylic acids is 2. The van der Waals surface area contributed by atoms with Crippen molar-refractivity contribution in [3.63, 3.8) is 0 Å². The third-order valence-corrected chi connectivity index (χ3v) is 5.89. The number of rotatable bonds is 9. The average Bonchev–Trinajstić information content (AvgIpc) is 3.25. The fourth-order valence-corrected chi connectivity index (χ4v) is 4.11. The molecule has 0 spiro atoms. The number of methoxy groups -OCH3 is 2. The van der Waals surface area contributed by atoms with Crippen molar-refractivity contribution in [2.45, 2.75) is 37.1 Å². The van der Waals surface area contributed by atoms with Gasteiger partial charge in [-0.3, -0.25) is 0 Å². The third kappa shape index (κ3) is 5.95. The lowest BCUT2D eigenvalue weighted by Gasteiger charge is -2.28. The summed E-state index contributed by atoms with van der Waals surface area (Å²) in [6.45, 7) is 0. The largest absolute Gasteiger partial charge is 0.452 e. The Balaban J connectivity index is 1.62. The third-order valence-electron chi connectivity index (χ3n) is 5.89. The molecular formula is C28H28O7. The van der Waals surface area contributed by atoms with Crippen molar-refractivity contribution >= 4 is 11.9 Å². The molecule has 1 aliphatic heterocycles. The van der Waals surface area contributed by atoms with Crippen molar-refractivity contribution in [2.75, 3.05) is 14.2 Å². The second-order valence-corrected chi connectivity index (χ2v) is 8.14. The minimum Gasteiger partial charge on any atom is -0.452 e. The van der Waals surface area contributed by atoms with Gasteiger partial charge < -0.3 is 23.7 Å². The minimum atomic E-state index is -1.00. The lowest BCUT2D eigenvalue weighted by atomic mass is 9.98. The van der Waals surface area contributed by atoms with E-state index in [4.69, 9.17) is 23.7 Å². The van der Waals surface area contributed by atoms with E-state index in [2.05, 4.69) is 0 Å². The van der Waals surface area contributed by atoms with Crippen LogP contribution in [0.1, 0.15) is 26.3 Å². The number of hydrogen-bond donors (Lipinski definition) is 0. The quantitative estimate of drug-likeness (QED) is 0.431. The number of carbonyl (C=O) groups is 2. The fraction of sp³-hybridized carbons (Fsp3) is 0.286. The highest BCUT2D eigenvalue weighted by Crippen LogP contribution is 2.32. The summed E-state index contributed by atoms with van der Waals surface area (Å²) in [6, 6.07) is 27.0. The van der Waals surface area contributed by atoms with E-state index in [1.165, 1.54) is 7.11 Å². The summed E-state index contributed by atoms with van der Waals surface area (Å²) in [5, 5.41) is 0. The van der Waals surface area contributed by atoms with E-state index >= 15 is 0 Å². The van der Waals surface area contributed by atoms with Gasteiger partial charge in [-0.15, -0.1) is 0 Å². The van der Waals surface area contributed by atoms with Gasteiger partial charge in [-0.25, -0.2) is 9.59 Å². The van der Waals surface area contributed by atoms with Crippen LogP contribution in [0.25, 0.3) is 0 Å². The first-order valence-electron chi connectivity index (χ1n) is 11.4. The first-order valence-corrected chi connectivity index (χ1v) is 11.4. The summed E-state index contributed by atoms with van der Waals surface area (Å²) >= 11 is 0. The lowest BCUT2D eigenvalue weighted by Crippen LogP contribution is -2.45. The van der Waals surface area contributed by atoms with E-state index in [-0.39, 0.29) is 0 Å². The van der Waals surface area contributed by atoms with Crippen LogP contribution >= 0.6 is 0 Å². The first-order chi connectivity index (χ1) is 17.1. The zero-order valence-electron chi connectivity index (χ0n) is 19.6. The molecule has 1 heterocycles. The highest BCUT2D eigenvalue weighted by molar-refractivity contribution is 5.90. The molecule has 7 heteroatoms. The van der Waals surface area contributed by atoms with Crippen LogP contribution in [0.5, 0.6) is 0 Å². The van der Waals surface area contributed by atoms with Gasteiger partial charge in [0.1, 0.15) is 6.10 Å². The van der Waals surface area contributed by atoms with Crippen LogP contribution in [0.4, 0.5) is 0 Å². The Morgan fingerprint density at radius 2 is 1.23 bits per heavy atom. The van der Waals surface area contributed by atoms with Crippen LogP contribution in [0.2, 0.25) is 0 Å². The van der Waals surface area contributed by atoms with E-state index in [1.807, 2.05) is 36.4 Å². The lowest BCUT2D eigenvalue weighted by molar-refractivity contribution is -0.167. The van der Waals surface area contributed by atoms with Gasteiger partial charge in [-0.2, -0.15) is 0 Å². The van der Waals surface area contributed by atoms with Gasteiger partial charge in [0, 0.05) is 20.6 Å². The van der Waals surface area contributed by atoms with Crippen LogP contribution in [0.15, 0.2) is 91.0 Å². The summed E-state index contributed by atoms with van der Waals surface area (Å²) in [6.07, 6.45) is -3.66. The van der Waals surface area contributed by atoms with Gasteiger partial charge in [0.2, 0.25) is 0 Å².